The maximum absolute atomic E-state index is 12.9. The first-order valence-corrected chi connectivity index (χ1v) is 13.7. The lowest BCUT2D eigenvalue weighted by atomic mass is 9.49. The van der Waals surface area contributed by atoms with Gasteiger partial charge in [-0.1, -0.05) is 41.5 Å². The van der Waals surface area contributed by atoms with E-state index in [1.807, 2.05) is 6.92 Å². The van der Waals surface area contributed by atoms with Gasteiger partial charge in [0.15, 0.2) is 0 Å². The van der Waals surface area contributed by atoms with Gasteiger partial charge in [0.25, 0.3) is 0 Å². The Labute approximate surface area is 205 Å². The van der Waals surface area contributed by atoms with E-state index in [1.165, 1.54) is 0 Å². The zero-order valence-corrected chi connectivity index (χ0v) is 22.0. The van der Waals surface area contributed by atoms with Crippen molar-refractivity contribution in [1.82, 2.24) is 0 Å². The molecule has 4 aliphatic rings. The molecule has 4 N–H and O–H groups in total. The van der Waals surface area contributed by atoms with Crippen LogP contribution < -0.4 is 0 Å². The van der Waals surface area contributed by atoms with E-state index in [9.17, 15) is 25.2 Å². The Morgan fingerprint density at radius 1 is 0.912 bits per heavy atom. The van der Waals surface area contributed by atoms with Gasteiger partial charge in [0.05, 0.1) is 24.4 Å². The molecule has 13 atom stereocenters. The summed E-state index contributed by atoms with van der Waals surface area (Å²) in [6.07, 6.45) is 1.74. The van der Waals surface area contributed by atoms with Crippen LogP contribution in [0.3, 0.4) is 0 Å². The second kappa shape index (κ2) is 9.32. The summed E-state index contributed by atoms with van der Waals surface area (Å²) in [5.41, 5.74) is -0.325. The Kier molecular flexibility index (Phi) is 7.23. The number of rotatable bonds is 5. The van der Waals surface area contributed by atoms with Gasteiger partial charge < -0.3 is 25.2 Å². The number of carbonyl (C=O) groups is 1. The molecular formula is C28H48O6. The van der Waals surface area contributed by atoms with Crippen molar-refractivity contribution in [2.75, 3.05) is 0 Å². The van der Waals surface area contributed by atoms with Gasteiger partial charge in [-0.2, -0.15) is 0 Å². The van der Waals surface area contributed by atoms with Crippen LogP contribution in [0.15, 0.2) is 0 Å². The minimum Gasteiger partial charge on any atom is -0.462 e. The average molecular weight is 481 g/mol. The Morgan fingerprint density at radius 3 is 2.21 bits per heavy atom. The topological polar surface area (TPSA) is 107 Å². The van der Waals surface area contributed by atoms with Crippen LogP contribution in [0.4, 0.5) is 0 Å². The number of esters is 1. The standard InChI is InChI=1S/C28H48O6/c1-14(2)15(3)25(32)26(33)16(4)18-7-8-19-17-11-24(31)34-23-12-21(29)22(30)13-28(23,6)20(17)9-10-27(18,19)5/h14-23,25-26,29-30,32-33H,7-13H2,1-6H3/t15-,16-,17?,18+,19?,20?,21-,22+,23-,25+,26+,27+,28+/m0/s1. The third-order valence-corrected chi connectivity index (χ3v) is 11.4. The Balaban J connectivity index is 1.58. The highest BCUT2D eigenvalue weighted by Crippen LogP contribution is 2.66. The smallest absolute Gasteiger partial charge is 0.306 e. The third-order valence-electron chi connectivity index (χ3n) is 11.4. The number of ether oxygens (including phenoxy) is 1. The molecule has 3 aliphatic carbocycles. The molecule has 6 heteroatoms. The van der Waals surface area contributed by atoms with E-state index in [0.717, 1.165) is 25.7 Å². The molecular weight excluding hydrogens is 432 g/mol. The van der Waals surface area contributed by atoms with Crippen molar-refractivity contribution in [2.24, 2.45) is 52.3 Å². The van der Waals surface area contributed by atoms with Crippen molar-refractivity contribution in [2.45, 2.75) is 117 Å². The molecule has 1 aliphatic heterocycles. The fourth-order valence-corrected chi connectivity index (χ4v) is 8.89. The minimum absolute atomic E-state index is 0.00558. The number of fused-ring (bicyclic) bond motifs is 5. The zero-order chi connectivity index (χ0) is 25.2. The highest BCUT2D eigenvalue weighted by atomic mass is 16.5. The maximum atomic E-state index is 12.9. The highest BCUT2D eigenvalue weighted by Gasteiger charge is 2.62. The van der Waals surface area contributed by atoms with Crippen LogP contribution in [0.25, 0.3) is 0 Å². The van der Waals surface area contributed by atoms with E-state index in [0.29, 0.717) is 37.0 Å². The van der Waals surface area contributed by atoms with E-state index in [2.05, 4.69) is 34.6 Å². The molecule has 0 bridgehead atoms. The fourth-order valence-electron chi connectivity index (χ4n) is 8.89. The van der Waals surface area contributed by atoms with Crippen molar-refractivity contribution in [3.05, 3.63) is 0 Å². The van der Waals surface area contributed by atoms with Crippen LogP contribution in [0.2, 0.25) is 0 Å². The molecule has 0 aromatic heterocycles. The summed E-state index contributed by atoms with van der Waals surface area (Å²) in [5.74, 6) is 1.26. The molecule has 0 aromatic rings. The maximum Gasteiger partial charge on any atom is 0.306 e. The highest BCUT2D eigenvalue weighted by molar-refractivity contribution is 5.70. The van der Waals surface area contributed by atoms with E-state index in [-0.39, 0.29) is 46.6 Å². The summed E-state index contributed by atoms with van der Waals surface area (Å²) >= 11 is 0. The number of aliphatic hydroxyl groups excluding tert-OH is 4. The molecule has 4 fully saturated rings. The molecule has 4 rings (SSSR count). The predicted octanol–water partition coefficient (Wildman–Crippen LogP) is 3.53. The van der Waals surface area contributed by atoms with Gasteiger partial charge in [-0.15, -0.1) is 0 Å². The summed E-state index contributed by atoms with van der Waals surface area (Å²) in [4.78, 5) is 12.9. The lowest BCUT2D eigenvalue weighted by Gasteiger charge is -2.56. The van der Waals surface area contributed by atoms with Crippen molar-refractivity contribution >= 4 is 5.97 Å². The van der Waals surface area contributed by atoms with Gasteiger partial charge >= 0.3 is 5.97 Å². The second-order valence-corrected chi connectivity index (χ2v) is 13.3. The average Bonchev–Trinajstić information content (AvgIpc) is 3.07. The van der Waals surface area contributed by atoms with Crippen LogP contribution in [0.5, 0.6) is 0 Å². The molecule has 0 aromatic carbocycles. The Bertz CT molecular complexity index is 755. The first kappa shape index (κ1) is 26.4. The molecule has 196 valence electrons. The Morgan fingerprint density at radius 2 is 1.56 bits per heavy atom. The summed E-state index contributed by atoms with van der Waals surface area (Å²) < 4.78 is 5.92. The first-order chi connectivity index (χ1) is 15.8. The lowest BCUT2D eigenvalue weighted by molar-refractivity contribution is -0.175. The summed E-state index contributed by atoms with van der Waals surface area (Å²) in [7, 11) is 0. The van der Waals surface area contributed by atoms with Crippen molar-refractivity contribution < 1.29 is 30.0 Å². The SMILES string of the molecule is CC(C)[C@H](C)[C@@H](O)[C@H](O)[C@@H](C)[C@H]1CCC2C3CC(=O)O[C@H]4C[C@H](O)[C@H](O)C[C@]4(C)C3CC[C@@]21C. The normalized spacial score (nSPS) is 48.1. The van der Waals surface area contributed by atoms with Crippen LogP contribution in [0.1, 0.15) is 86.5 Å². The minimum atomic E-state index is -0.839. The first-order valence-electron chi connectivity index (χ1n) is 13.7. The molecule has 1 heterocycles. The van der Waals surface area contributed by atoms with Crippen molar-refractivity contribution in [3.8, 4) is 0 Å². The van der Waals surface area contributed by atoms with Gasteiger partial charge in [-0.3, -0.25) is 4.79 Å². The molecule has 6 nitrogen and oxygen atoms in total. The van der Waals surface area contributed by atoms with Gasteiger partial charge in [-0.25, -0.2) is 0 Å². The summed E-state index contributed by atoms with van der Waals surface area (Å²) in [5, 5.41) is 42.9. The number of carbonyl (C=O) groups excluding carboxylic acids is 1. The number of aliphatic hydroxyl groups is 4. The molecule has 3 saturated carbocycles. The fraction of sp³-hybridized carbons (Fsp3) is 0.964. The third kappa shape index (κ3) is 4.14. The molecule has 3 unspecified atom stereocenters. The molecule has 0 radical (unpaired) electrons. The zero-order valence-electron chi connectivity index (χ0n) is 22.0. The van der Waals surface area contributed by atoms with Gasteiger partial charge in [-0.05, 0) is 78.9 Å². The van der Waals surface area contributed by atoms with E-state index >= 15 is 0 Å². The van der Waals surface area contributed by atoms with Crippen LogP contribution in [-0.2, 0) is 9.53 Å². The Hall–Kier alpha value is -0.690. The molecule has 1 saturated heterocycles. The predicted molar refractivity (Wildman–Crippen MR) is 130 cm³/mol. The van der Waals surface area contributed by atoms with Gasteiger partial charge in [0.2, 0.25) is 0 Å². The van der Waals surface area contributed by atoms with E-state index in [4.69, 9.17) is 4.74 Å². The van der Waals surface area contributed by atoms with Gasteiger partial charge in [0.1, 0.15) is 6.10 Å². The quantitative estimate of drug-likeness (QED) is 0.449. The largest absolute Gasteiger partial charge is 0.462 e. The lowest BCUT2D eigenvalue weighted by Crippen LogP contribution is -2.55. The van der Waals surface area contributed by atoms with Crippen LogP contribution >= 0.6 is 0 Å². The summed E-state index contributed by atoms with van der Waals surface area (Å²) in [6, 6.07) is 0. The van der Waals surface area contributed by atoms with Crippen LogP contribution in [0, 0.1) is 52.3 Å². The molecule has 0 amide bonds. The van der Waals surface area contributed by atoms with Gasteiger partial charge in [0, 0.05) is 18.3 Å². The van der Waals surface area contributed by atoms with Crippen molar-refractivity contribution in [1.29, 1.82) is 0 Å². The molecule has 0 spiro atoms. The van der Waals surface area contributed by atoms with Crippen LogP contribution in [-0.4, -0.2) is 56.9 Å². The second-order valence-electron chi connectivity index (χ2n) is 13.3. The monoisotopic (exact) mass is 480 g/mol. The molecule has 34 heavy (non-hydrogen) atoms. The van der Waals surface area contributed by atoms with E-state index in [1.54, 1.807) is 0 Å². The van der Waals surface area contributed by atoms with Crippen molar-refractivity contribution in [3.63, 3.8) is 0 Å². The number of hydrogen-bond donors (Lipinski definition) is 4. The summed E-state index contributed by atoms with van der Waals surface area (Å²) in [6.45, 7) is 12.8. The van der Waals surface area contributed by atoms with E-state index < -0.39 is 24.4 Å². The number of hydrogen-bond acceptors (Lipinski definition) is 6.